The van der Waals surface area contributed by atoms with Gasteiger partial charge in [0, 0.05) is 16.2 Å². The van der Waals surface area contributed by atoms with Crippen LogP contribution in [0.2, 0.25) is 0 Å². The van der Waals surface area contributed by atoms with Crippen LogP contribution < -0.4 is 5.73 Å². The highest BCUT2D eigenvalue weighted by molar-refractivity contribution is 7.85. The lowest BCUT2D eigenvalue weighted by Gasteiger charge is -2.25. The zero-order chi connectivity index (χ0) is 12.5. The highest BCUT2D eigenvalue weighted by Gasteiger charge is 2.25. The van der Waals surface area contributed by atoms with Crippen LogP contribution in [0.1, 0.15) is 43.2 Å². The van der Waals surface area contributed by atoms with Crippen molar-refractivity contribution in [2.75, 3.05) is 0 Å². The molecule has 1 saturated carbocycles. The van der Waals surface area contributed by atoms with Crippen molar-refractivity contribution in [1.29, 1.82) is 0 Å². The molecule has 0 saturated heterocycles. The van der Waals surface area contributed by atoms with Crippen LogP contribution >= 0.6 is 0 Å². The van der Waals surface area contributed by atoms with E-state index in [0.29, 0.717) is 11.3 Å². The lowest BCUT2D eigenvalue weighted by Crippen LogP contribution is -2.31. The summed E-state index contributed by atoms with van der Waals surface area (Å²) in [5, 5.41) is 0.323. The zero-order valence-corrected chi connectivity index (χ0v) is 11.5. The first-order chi connectivity index (χ1) is 8.74. The Morgan fingerprint density at radius 2 is 1.78 bits per heavy atom. The van der Waals surface area contributed by atoms with Crippen molar-refractivity contribution in [3.8, 4) is 0 Å². The number of benzene rings is 1. The first-order valence-corrected chi connectivity index (χ1v) is 8.23. The van der Waals surface area contributed by atoms with Gasteiger partial charge >= 0.3 is 0 Å². The topological polar surface area (TPSA) is 43.1 Å². The van der Waals surface area contributed by atoms with E-state index in [-0.39, 0.29) is 0 Å². The number of hydrogen-bond acceptors (Lipinski definition) is 2. The van der Waals surface area contributed by atoms with Crippen LogP contribution in [-0.2, 0) is 23.6 Å². The van der Waals surface area contributed by atoms with Gasteiger partial charge in [-0.3, -0.25) is 4.21 Å². The predicted molar refractivity (Wildman–Crippen MR) is 75.1 cm³/mol. The van der Waals surface area contributed by atoms with Gasteiger partial charge in [0.05, 0.1) is 10.8 Å². The molecule has 2 aliphatic carbocycles. The van der Waals surface area contributed by atoms with Crippen molar-refractivity contribution < 1.29 is 4.21 Å². The van der Waals surface area contributed by atoms with Crippen molar-refractivity contribution in [2.45, 2.75) is 61.1 Å². The summed E-state index contributed by atoms with van der Waals surface area (Å²) in [5.41, 5.74) is 8.79. The monoisotopic (exact) mass is 263 g/mol. The smallest absolute Gasteiger partial charge is 0.0560 e. The molecule has 2 nitrogen and oxygen atoms in total. The Balaban J connectivity index is 1.76. The molecule has 18 heavy (non-hydrogen) atoms. The van der Waals surface area contributed by atoms with Crippen LogP contribution in [-0.4, -0.2) is 15.5 Å². The largest absolute Gasteiger partial charge is 0.328 e. The molecule has 0 aliphatic heterocycles. The summed E-state index contributed by atoms with van der Waals surface area (Å²) in [6.07, 6.45) is 7.71. The summed E-state index contributed by atoms with van der Waals surface area (Å²) in [6.45, 7) is 0. The van der Waals surface area contributed by atoms with E-state index in [9.17, 15) is 4.21 Å². The van der Waals surface area contributed by atoms with Gasteiger partial charge in [0.2, 0.25) is 0 Å². The Morgan fingerprint density at radius 3 is 2.56 bits per heavy atom. The molecule has 0 radical (unpaired) electrons. The molecule has 1 atom stereocenters. The van der Waals surface area contributed by atoms with E-state index in [1.54, 1.807) is 0 Å². The van der Waals surface area contributed by atoms with Gasteiger partial charge in [0.25, 0.3) is 0 Å². The molecule has 0 aromatic heterocycles. The fourth-order valence-electron chi connectivity index (χ4n) is 3.17. The second-order valence-corrected chi connectivity index (χ2v) is 7.35. The summed E-state index contributed by atoms with van der Waals surface area (Å²) < 4.78 is 12.6. The van der Waals surface area contributed by atoms with E-state index in [1.807, 2.05) is 0 Å². The van der Waals surface area contributed by atoms with E-state index in [4.69, 9.17) is 5.73 Å². The average molecular weight is 263 g/mol. The molecule has 0 heterocycles. The Bertz CT molecular complexity index is 464. The molecule has 0 spiro atoms. The lowest BCUT2D eigenvalue weighted by molar-refractivity contribution is 0.444. The fraction of sp³-hybridized carbons (Fsp3) is 0.600. The molecule has 0 bridgehead atoms. The summed E-state index contributed by atoms with van der Waals surface area (Å²) in [5.74, 6) is 0. The molecule has 98 valence electrons. The van der Waals surface area contributed by atoms with E-state index < -0.39 is 10.8 Å². The summed E-state index contributed by atoms with van der Waals surface area (Å²) in [6, 6.07) is 6.78. The SMILES string of the molecule is NC1CCC(S(=O)c2ccc3c(c2)CCC3)CC1. The lowest BCUT2D eigenvalue weighted by atomic mass is 9.96. The highest BCUT2D eigenvalue weighted by Crippen LogP contribution is 2.29. The van der Waals surface area contributed by atoms with Crippen LogP contribution in [0.3, 0.4) is 0 Å². The molecular formula is C15H21NOS. The van der Waals surface area contributed by atoms with Gasteiger partial charge < -0.3 is 5.73 Å². The third kappa shape index (κ3) is 2.39. The third-order valence-corrected chi connectivity index (χ3v) is 6.12. The van der Waals surface area contributed by atoms with E-state index in [1.165, 1.54) is 24.0 Å². The summed E-state index contributed by atoms with van der Waals surface area (Å²) >= 11 is 0. The molecule has 1 aromatic rings. The molecule has 2 aliphatic rings. The van der Waals surface area contributed by atoms with Crippen LogP contribution in [0, 0.1) is 0 Å². The molecule has 0 amide bonds. The van der Waals surface area contributed by atoms with Gasteiger partial charge in [-0.2, -0.15) is 0 Å². The normalized spacial score (nSPS) is 28.9. The number of fused-ring (bicyclic) bond motifs is 1. The maximum Gasteiger partial charge on any atom is 0.0560 e. The number of hydrogen-bond donors (Lipinski definition) is 1. The van der Waals surface area contributed by atoms with E-state index >= 15 is 0 Å². The average Bonchev–Trinajstić information content (AvgIpc) is 2.86. The minimum Gasteiger partial charge on any atom is -0.328 e. The van der Waals surface area contributed by atoms with Crippen LogP contribution in [0.25, 0.3) is 0 Å². The first kappa shape index (κ1) is 12.4. The van der Waals surface area contributed by atoms with E-state index in [0.717, 1.165) is 37.0 Å². The third-order valence-electron chi connectivity index (χ3n) is 4.32. The van der Waals surface area contributed by atoms with Crippen molar-refractivity contribution >= 4 is 10.8 Å². The second-order valence-electron chi connectivity index (χ2n) is 5.62. The van der Waals surface area contributed by atoms with Gasteiger partial charge in [0.1, 0.15) is 0 Å². The minimum absolute atomic E-state index is 0.323. The van der Waals surface area contributed by atoms with Gasteiger partial charge in [-0.1, -0.05) is 6.07 Å². The van der Waals surface area contributed by atoms with Crippen molar-refractivity contribution in [3.05, 3.63) is 29.3 Å². The van der Waals surface area contributed by atoms with Crippen LogP contribution in [0.4, 0.5) is 0 Å². The molecule has 2 N–H and O–H groups in total. The first-order valence-electron chi connectivity index (χ1n) is 7.02. The molecule has 1 fully saturated rings. The summed E-state index contributed by atoms with van der Waals surface area (Å²) in [7, 11) is -0.833. The highest BCUT2D eigenvalue weighted by atomic mass is 32.2. The molecule has 3 heteroatoms. The molecule has 3 rings (SSSR count). The Kier molecular flexibility index (Phi) is 3.53. The standard InChI is InChI=1S/C15H21NOS/c16-13-5-8-14(9-6-13)18(17)15-7-4-11-2-1-3-12(11)10-15/h4,7,10,13-14H,1-3,5-6,8-9,16H2. The van der Waals surface area contributed by atoms with Crippen molar-refractivity contribution in [1.82, 2.24) is 0 Å². The molecule has 1 aromatic carbocycles. The zero-order valence-electron chi connectivity index (χ0n) is 10.7. The van der Waals surface area contributed by atoms with Crippen LogP contribution in [0.15, 0.2) is 23.1 Å². The Hall–Kier alpha value is -0.670. The quantitative estimate of drug-likeness (QED) is 0.891. The Morgan fingerprint density at radius 1 is 1.06 bits per heavy atom. The van der Waals surface area contributed by atoms with Crippen LogP contribution in [0.5, 0.6) is 0 Å². The fourth-order valence-corrected chi connectivity index (χ4v) is 4.71. The summed E-state index contributed by atoms with van der Waals surface area (Å²) in [4.78, 5) is 1.04. The number of nitrogens with two attached hydrogens (primary N) is 1. The van der Waals surface area contributed by atoms with Gasteiger partial charge in [-0.05, 0) is 68.2 Å². The second kappa shape index (κ2) is 5.14. The number of rotatable bonds is 2. The Labute approximate surface area is 111 Å². The van der Waals surface area contributed by atoms with Gasteiger partial charge in [-0.25, -0.2) is 0 Å². The maximum atomic E-state index is 12.6. The molecular weight excluding hydrogens is 242 g/mol. The number of aryl methyl sites for hydroxylation is 2. The van der Waals surface area contributed by atoms with E-state index in [2.05, 4.69) is 18.2 Å². The van der Waals surface area contributed by atoms with Gasteiger partial charge in [0.15, 0.2) is 0 Å². The molecule has 1 unspecified atom stereocenters. The maximum absolute atomic E-state index is 12.6. The predicted octanol–water partition coefficient (Wildman–Crippen LogP) is 2.55. The van der Waals surface area contributed by atoms with Crippen molar-refractivity contribution in [3.63, 3.8) is 0 Å². The van der Waals surface area contributed by atoms with Crippen molar-refractivity contribution in [2.24, 2.45) is 5.73 Å². The minimum atomic E-state index is -0.833. The van der Waals surface area contributed by atoms with Gasteiger partial charge in [-0.15, -0.1) is 0 Å².